The van der Waals surface area contributed by atoms with E-state index >= 15 is 0 Å². The van der Waals surface area contributed by atoms with Crippen molar-refractivity contribution in [3.63, 3.8) is 0 Å². The highest BCUT2D eigenvalue weighted by Crippen LogP contribution is 2.15. The molecule has 1 unspecified atom stereocenters. The standard InChI is InChI=1S/C8H16O4/c1-6(2)7(8(10)11)3-4-12-5-9/h6-7,9H,3-5H2,1-2H3,(H,10,11). The summed E-state index contributed by atoms with van der Waals surface area (Å²) in [6, 6.07) is 0. The number of carbonyl (C=O) groups is 1. The van der Waals surface area contributed by atoms with E-state index in [2.05, 4.69) is 4.74 Å². The number of aliphatic carboxylic acids is 1. The van der Waals surface area contributed by atoms with Crippen molar-refractivity contribution >= 4 is 5.97 Å². The maximum atomic E-state index is 10.6. The van der Waals surface area contributed by atoms with Crippen molar-refractivity contribution in [1.29, 1.82) is 0 Å². The molecule has 0 bridgehead atoms. The maximum absolute atomic E-state index is 10.6. The monoisotopic (exact) mass is 176 g/mol. The fourth-order valence-corrected chi connectivity index (χ4v) is 1.02. The number of rotatable bonds is 6. The smallest absolute Gasteiger partial charge is 0.306 e. The third-order valence-corrected chi connectivity index (χ3v) is 1.79. The number of aliphatic hydroxyl groups is 1. The Morgan fingerprint density at radius 2 is 2.08 bits per heavy atom. The van der Waals surface area contributed by atoms with Crippen LogP contribution in [-0.4, -0.2) is 29.6 Å². The molecule has 0 aliphatic heterocycles. The van der Waals surface area contributed by atoms with Gasteiger partial charge >= 0.3 is 5.97 Å². The van der Waals surface area contributed by atoms with Gasteiger partial charge in [0.2, 0.25) is 0 Å². The number of hydrogen-bond acceptors (Lipinski definition) is 3. The van der Waals surface area contributed by atoms with Gasteiger partial charge < -0.3 is 14.9 Å². The molecule has 0 aromatic heterocycles. The summed E-state index contributed by atoms with van der Waals surface area (Å²) in [6.45, 7) is 3.67. The van der Waals surface area contributed by atoms with Crippen molar-refractivity contribution in [3.8, 4) is 0 Å². The van der Waals surface area contributed by atoms with Crippen LogP contribution in [0.2, 0.25) is 0 Å². The summed E-state index contributed by atoms with van der Waals surface area (Å²) >= 11 is 0. The van der Waals surface area contributed by atoms with Gasteiger partial charge in [-0.25, -0.2) is 0 Å². The second-order valence-corrected chi connectivity index (χ2v) is 3.01. The highest BCUT2D eigenvalue weighted by molar-refractivity contribution is 5.70. The first-order valence-corrected chi connectivity index (χ1v) is 4.01. The summed E-state index contributed by atoms with van der Waals surface area (Å²) in [5, 5.41) is 17.0. The van der Waals surface area contributed by atoms with Gasteiger partial charge in [0.25, 0.3) is 0 Å². The molecule has 0 amide bonds. The number of aliphatic hydroxyl groups excluding tert-OH is 1. The lowest BCUT2D eigenvalue weighted by Crippen LogP contribution is -2.21. The molecule has 4 heteroatoms. The van der Waals surface area contributed by atoms with E-state index in [0.717, 1.165) is 0 Å². The van der Waals surface area contributed by atoms with E-state index in [0.29, 0.717) is 13.0 Å². The van der Waals surface area contributed by atoms with Gasteiger partial charge in [0.05, 0.1) is 12.5 Å². The Balaban J connectivity index is 3.72. The first-order chi connectivity index (χ1) is 5.59. The lowest BCUT2D eigenvalue weighted by atomic mass is 9.93. The Labute approximate surface area is 72.2 Å². The van der Waals surface area contributed by atoms with Crippen LogP contribution in [0.15, 0.2) is 0 Å². The van der Waals surface area contributed by atoms with Crippen molar-refractivity contribution in [3.05, 3.63) is 0 Å². The largest absolute Gasteiger partial charge is 0.481 e. The zero-order valence-electron chi connectivity index (χ0n) is 7.49. The topological polar surface area (TPSA) is 66.8 Å². The molecule has 0 aromatic carbocycles. The van der Waals surface area contributed by atoms with E-state index in [9.17, 15) is 4.79 Å². The van der Waals surface area contributed by atoms with E-state index in [1.165, 1.54) is 0 Å². The molecule has 1 atom stereocenters. The second kappa shape index (κ2) is 5.97. The number of ether oxygens (including phenoxy) is 1. The minimum Gasteiger partial charge on any atom is -0.481 e. The third-order valence-electron chi connectivity index (χ3n) is 1.79. The van der Waals surface area contributed by atoms with E-state index in [1.54, 1.807) is 0 Å². The van der Waals surface area contributed by atoms with E-state index in [1.807, 2.05) is 13.8 Å². The van der Waals surface area contributed by atoms with Crippen LogP contribution in [0.25, 0.3) is 0 Å². The average Bonchev–Trinajstić information content (AvgIpc) is 1.96. The van der Waals surface area contributed by atoms with Crippen molar-refractivity contribution in [2.45, 2.75) is 20.3 Å². The van der Waals surface area contributed by atoms with E-state index in [-0.39, 0.29) is 18.6 Å². The molecular formula is C8H16O4. The Morgan fingerprint density at radius 3 is 2.42 bits per heavy atom. The molecule has 0 spiro atoms. The average molecular weight is 176 g/mol. The van der Waals surface area contributed by atoms with Gasteiger partial charge in [-0.3, -0.25) is 4.79 Å². The molecule has 0 aliphatic rings. The molecule has 0 aliphatic carbocycles. The van der Waals surface area contributed by atoms with Gasteiger partial charge in [0, 0.05) is 0 Å². The van der Waals surface area contributed by atoms with Gasteiger partial charge in [-0.05, 0) is 12.3 Å². The van der Waals surface area contributed by atoms with Gasteiger partial charge in [0.1, 0.15) is 6.79 Å². The lowest BCUT2D eigenvalue weighted by molar-refractivity contribution is -0.144. The Morgan fingerprint density at radius 1 is 1.50 bits per heavy atom. The molecule has 0 saturated carbocycles. The summed E-state index contributed by atoms with van der Waals surface area (Å²) in [5.74, 6) is -1.08. The SMILES string of the molecule is CC(C)C(CCOCO)C(=O)O. The molecular weight excluding hydrogens is 160 g/mol. The maximum Gasteiger partial charge on any atom is 0.306 e. The van der Waals surface area contributed by atoms with Crippen LogP contribution in [0.1, 0.15) is 20.3 Å². The van der Waals surface area contributed by atoms with Crippen LogP contribution in [-0.2, 0) is 9.53 Å². The summed E-state index contributed by atoms with van der Waals surface area (Å²) in [5.41, 5.74) is 0. The highest BCUT2D eigenvalue weighted by Gasteiger charge is 2.20. The van der Waals surface area contributed by atoms with Gasteiger partial charge in [-0.1, -0.05) is 13.8 Å². The molecule has 0 radical (unpaired) electrons. The second-order valence-electron chi connectivity index (χ2n) is 3.01. The Kier molecular flexibility index (Phi) is 5.66. The molecule has 0 heterocycles. The summed E-state index contributed by atoms with van der Waals surface area (Å²) in [4.78, 5) is 10.6. The zero-order valence-corrected chi connectivity index (χ0v) is 7.49. The number of carboxylic acids is 1. The minimum atomic E-state index is -0.800. The molecule has 0 aromatic rings. The summed E-state index contributed by atoms with van der Waals surface area (Å²) in [6.07, 6.45) is 0.452. The number of carboxylic acid groups (broad SMARTS) is 1. The molecule has 72 valence electrons. The zero-order chi connectivity index (χ0) is 9.56. The molecule has 0 saturated heterocycles. The molecule has 0 fully saturated rings. The molecule has 4 nitrogen and oxygen atoms in total. The number of hydrogen-bond donors (Lipinski definition) is 2. The summed E-state index contributed by atoms with van der Waals surface area (Å²) < 4.78 is 4.66. The van der Waals surface area contributed by atoms with Crippen molar-refractivity contribution in [2.75, 3.05) is 13.4 Å². The highest BCUT2D eigenvalue weighted by atomic mass is 16.6. The summed E-state index contributed by atoms with van der Waals surface area (Å²) in [7, 11) is 0. The minimum absolute atomic E-state index is 0.102. The normalized spacial score (nSPS) is 13.3. The van der Waals surface area contributed by atoms with Crippen LogP contribution in [0, 0.1) is 11.8 Å². The Hall–Kier alpha value is -0.610. The first-order valence-electron chi connectivity index (χ1n) is 4.01. The van der Waals surface area contributed by atoms with Gasteiger partial charge in [-0.2, -0.15) is 0 Å². The Bertz CT molecular complexity index is 133. The predicted molar refractivity (Wildman–Crippen MR) is 43.6 cm³/mol. The van der Waals surface area contributed by atoms with Crippen LogP contribution in [0.5, 0.6) is 0 Å². The predicted octanol–water partition coefficient (Wildman–Crippen LogP) is 0.700. The molecule has 0 rings (SSSR count). The fourth-order valence-electron chi connectivity index (χ4n) is 1.02. The van der Waals surface area contributed by atoms with Crippen molar-refractivity contribution < 1.29 is 19.7 Å². The van der Waals surface area contributed by atoms with Crippen LogP contribution in [0.4, 0.5) is 0 Å². The van der Waals surface area contributed by atoms with E-state index < -0.39 is 5.97 Å². The molecule has 12 heavy (non-hydrogen) atoms. The quantitative estimate of drug-likeness (QED) is 0.462. The first kappa shape index (κ1) is 11.4. The fraction of sp³-hybridized carbons (Fsp3) is 0.875. The van der Waals surface area contributed by atoms with Crippen molar-refractivity contribution in [2.24, 2.45) is 11.8 Å². The van der Waals surface area contributed by atoms with Crippen molar-refractivity contribution in [1.82, 2.24) is 0 Å². The van der Waals surface area contributed by atoms with Crippen LogP contribution >= 0.6 is 0 Å². The van der Waals surface area contributed by atoms with E-state index in [4.69, 9.17) is 10.2 Å². The lowest BCUT2D eigenvalue weighted by Gasteiger charge is -2.15. The van der Waals surface area contributed by atoms with Gasteiger partial charge in [-0.15, -0.1) is 0 Å². The van der Waals surface area contributed by atoms with Crippen LogP contribution < -0.4 is 0 Å². The third kappa shape index (κ3) is 4.31. The molecule has 2 N–H and O–H groups in total. The van der Waals surface area contributed by atoms with Crippen LogP contribution in [0.3, 0.4) is 0 Å². The van der Waals surface area contributed by atoms with Gasteiger partial charge in [0.15, 0.2) is 0 Å².